The average Bonchev–Trinajstić information content (AvgIpc) is 2.89. The first-order valence-electron chi connectivity index (χ1n) is 6.73. The maximum atomic E-state index is 11.6. The molecule has 18 heavy (non-hydrogen) atoms. The normalized spacial score (nSPS) is 15.8. The van der Waals surface area contributed by atoms with Crippen molar-refractivity contribution in [2.24, 2.45) is 0 Å². The number of amides is 1. The number of rotatable bonds is 6. The molecule has 0 saturated heterocycles. The highest BCUT2D eigenvalue weighted by Crippen LogP contribution is 2.17. The zero-order valence-corrected chi connectivity index (χ0v) is 10.7. The van der Waals surface area contributed by atoms with Crippen LogP contribution in [0.4, 0.5) is 0 Å². The number of carbonyl (C=O) groups is 1. The molecule has 4 nitrogen and oxygen atoms in total. The number of pyridine rings is 1. The van der Waals surface area contributed by atoms with Crippen molar-refractivity contribution in [3.8, 4) is 0 Å². The second kappa shape index (κ2) is 7.11. The summed E-state index contributed by atoms with van der Waals surface area (Å²) in [6, 6.07) is 4.38. The van der Waals surface area contributed by atoms with Gasteiger partial charge < -0.3 is 10.6 Å². The minimum absolute atomic E-state index is 0.170. The highest BCUT2D eigenvalue weighted by Gasteiger charge is 2.16. The van der Waals surface area contributed by atoms with E-state index in [1.807, 2.05) is 12.1 Å². The molecular weight excluding hydrogens is 226 g/mol. The van der Waals surface area contributed by atoms with Crippen molar-refractivity contribution < 1.29 is 4.79 Å². The van der Waals surface area contributed by atoms with E-state index in [2.05, 4.69) is 15.6 Å². The van der Waals surface area contributed by atoms with Crippen molar-refractivity contribution in [3.05, 3.63) is 30.1 Å². The van der Waals surface area contributed by atoms with Crippen LogP contribution in [0.15, 0.2) is 24.5 Å². The van der Waals surface area contributed by atoms with Crippen LogP contribution in [-0.4, -0.2) is 23.5 Å². The van der Waals surface area contributed by atoms with E-state index in [1.54, 1.807) is 12.4 Å². The quantitative estimate of drug-likeness (QED) is 0.751. The fourth-order valence-electron chi connectivity index (χ4n) is 2.31. The van der Waals surface area contributed by atoms with Crippen LogP contribution in [0.25, 0.3) is 0 Å². The molecule has 2 rings (SSSR count). The van der Waals surface area contributed by atoms with E-state index in [0.717, 1.165) is 25.9 Å². The SMILES string of the molecule is O=C(CCNCc1ccncc1)NC1CCCC1. The number of hydrogen-bond acceptors (Lipinski definition) is 3. The summed E-state index contributed by atoms with van der Waals surface area (Å²) in [7, 11) is 0. The molecule has 1 fully saturated rings. The van der Waals surface area contributed by atoms with Gasteiger partial charge in [-0.05, 0) is 30.5 Å². The molecule has 0 bridgehead atoms. The van der Waals surface area contributed by atoms with Crippen LogP contribution in [0.3, 0.4) is 0 Å². The van der Waals surface area contributed by atoms with Gasteiger partial charge in [0.1, 0.15) is 0 Å². The van der Waals surface area contributed by atoms with E-state index in [9.17, 15) is 4.79 Å². The van der Waals surface area contributed by atoms with Crippen molar-refractivity contribution >= 4 is 5.91 Å². The van der Waals surface area contributed by atoms with Crippen molar-refractivity contribution in [1.82, 2.24) is 15.6 Å². The molecule has 0 radical (unpaired) electrons. The molecule has 1 aromatic rings. The minimum atomic E-state index is 0.170. The van der Waals surface area contributed by atoms with E-state index in [1.165, 1.54) is 18.4 Å². The van der Waals surface area contributed by atoms with E-state index in [0.29, 0.717) is 12.5 Å². The Morgan fingerprint density at radius 2 is 2.00 bits per heavy atom. The van der Waals surface area contributed by atoms with Crippen LogP contribution in [0.2, 0.25) is 0 Å². The summed E-state index contributed by atoms with van der Waals surface area (Å²) >= 11 is 0. The van der Waals surface area contributed by atoms with Crippen molar-refractivity contribution in [1.29, 1.82) is 0 Å². The summed E-state index contributed by atoms with van der Waals surface area (Å²) < 4.78 is 0. The van der Waals surface area contributed by atoms with E-state index in [-0.39, 0.29) is 5.91 Å². The van der Waals surface area contributed by atoms with Gasteiger partial charge in [0.05, 0.1) is 0 Å². The molecule has 0 atom stereocenters. The Labute approximate surface area is 108 Å². The lowest BCUT2D eigenvalue weighted by atomic mass is 10.2. The highest BCUT2D eigenvalue weighted by atomic mass is 16.1. The lowest BCUT2D eigenvalue weighted by molar-refractivity contribution is -0.121. The Morgan fingerprint density at radius 3 is 2.72 bits per heavy atom. The number of hydrogen-bond donors (Lipinski definition) is 2. The molecule has 4 heteroatoms. The van der Waals surface area contributed by atoms with Gasteiger partial charge in [-0.15, -0.1) is 0 Å². The second-order valence-electron chi connectivity index (χ2n) is 4.83. The van der Waals surface area contributed by atoms with Crippen LogP contribution in [-0.2, 0) is 11.3 Å². The lowest BCUT2D eigenvalue weighted by Gasteiger charge is -2.12. The Balaban J connectivity index is 1.56. The summed E-state index contributed by atoms with van der Waals surface area (Å²) in [6.45, 7) is 1.51. The molecule has 1 heterocycles. The van der Waals surface area contributed by atoms with Crippen LogP contribution in [0.5, 0.6) is 0 Å². The maximum Gasteiger partial charge on any atom is 0.221 e. The molecule has 0 aliphatic heterocycles. The summed E-state index contributed by atoms with van der Waals surface area (Å²) in [5, 5.41) is 6.36. The predicted octanol–water partition coefficient (Wildman–Crippen LogP) is 1.62. The maximum absolute atomic E-state index is 11.6. The molecule has 0 spiro atoms. The van der Waals surface area contributed by atoms with Gasteiger partial charge >= 0.3 is 0 Å². The highest BCUT2D eigenvalue weighted by molar-refractivity contribution is 5.76. The molecule has 1 aliphatic rings. The zero-order chi connectivity index (χ0) is 12.6. The number of aromatic nitrogens is 1. The van der Waals surface area contributed by atoms with Gasteiger partial charge in [0, 0.05) is 37.9 Å². The molecular formula is C14H21N3O. The van der Waals surface area contributed by atoms with Crippen LogP contribution in [0, 0.1) is 0 Å². The zero-order valence-electron chi connectivity index (χ0n) is 10.7. The first-order valence-corrected chi connectivity index (χ1v) is 6.73. The first-order chi connectivity index (χ1) is 8.84. The Hall–Kier alpha value is -1.42. The van der Waals surface area contributed by atoms with Crippen molar-refractivity contribution in [2.75, 3.05) is 6.54 Å². The second-order valence-corrected chi connectivity index (χ2v) is 4.83. The lowest BCUT2D eigenvalue weighted by Crippen LogP contribution is -2.34. The van der Waals surface area contributed by atoms with Gasteiger partial charge in [0.15, 0.2) is 0 Å². The molecule has 0 aromatic carbocycles. The molecule has 1 saturated carbocycles. The van der Waals surface area contributed by atoms with Gasteiger partial charge in [-0.1, -0.05) is 12.8 Å². The Bertz CT molecular complexity index is 361. The third-order valence-corrected chi connectivity index (χ3v) is 3.33. The summed E-state index contributed by atoms with van der Waals surface area (Å²) in [5.41, 5.74) is 1.20. The van der Waals surface area contributed by atoms with Gasteiger partial charge in [-0.25, -0.2) is 0 Å². The van der Waals surface area contributed by atoms with Gasteiger partial charge in [0.25, 0.3) is 0 Å². The smallest absolute Gasteiger partial charge is 0.221 e. The van der Waals surface area contributed by atoms with Crippen LogP contribution in [0.1, 0.15) is 37.7 Å². The van der Waals surface area contributed by atoms with Crippen LogP contribution < -0.4 is 10.6 Å². The molecule has 2 N–H and O–H groups in total. The molecule has 1 aromatic heterocycles. The summed E-state index contributed by atoms with van der Waals surface area (Å²) in [6.07, 6.45) is 8.93. The molecule has 0 unspecified atom stereocenters. The summed E-state index contributed by atoms with van der Waals surface area (Å²) in [5.74, 6) is 0.170. The van der Waals surface area contributed by atoms with Crippen molar-refractivity contribution in [2.45, 2.75) is 44.7 Å². The minimum Gasteiger partial charge on any atom is -0.353 e. The van der Waals surface area contributed by atoms with Crippen LogP contribution >= 0.6 is 0 Å². The summed E-state index contributed by atoms with van der Waals surface area (Å²) in [4.78, 5) is 15.6. The van der Waals surface area contributed by atoms with E-state index >= 15 is 0 Å². The van der Waals surface area contributed by atoms with Crippen molar-refractivity contribution in [3.63, 3.8) is 0 Å². The van der Waals surface area contributed by atoms with Gasteiger partial charge in [0.2, 0.25) is 5.91 Å². The number of nitrogens with one attached hydrogen (secondary N) is 2. The fraction of sp³-hybridized carbons (Fsp3) is 0.571. The third-order valence-electron chi connectivity index (χ3n) is 3.33. The molecule has 1 aliphatic carbocycles. The standard InChI is InChI=1S/C14H21N3O/c18-14(17-13-3-1-2-4-13)7-10-16-11-12-5-8-15-9-6-12/h5-6,8-9,13,16H,1-4,7,10-11H2,(H,17,18). The predicted molar refractivity (Wildman–Crippen MR) is 71.0 cm³/mol. The Morgan fingerprint density at radius 1 is 1.28 bits per heavy atom. The number of nitrogens with zero attached hydrogens (tertiary/aromatic N) is 1. The Kier molecular flexibility index (Phi) is 5.15. The van der Waals surface area contributed by atoms with Gasteiger partial charge in [-0.3, -0.25) is 9.78 Å². The topological polar surface area (TPSA) is 54.0 Å². The molecule has 1 amide bonds. The fourth-order valence-corrected chi connectivity index (χ4v) is 2.31. The van der Waals surface area contributed by atoms with E-state index in [4.69, 9.17) is 0 Å². The largest absolute Gasteiger partial charge is 0.353 e. The monoisotopic (exact) mass is 247 g/mol. The average molecular weight is 247 g/mol. The molecule has 98 valence electrons. The van der Waals surface area contributed by atoms with Gasteiger partial charge in [-0.2, -0.15) is 0 Å². The first kappa shape index (κ1) is 13.0. The van der Waals surface area contributed by atoms with E-state index < -0.39 is 0 Å². The number of carbonyl (C=O) groups excluding carboxylic acids is 1. The third kappa shape index (κ3) is 4.45.